The zero-order valence-corrected chi connectivity index (χ0v) is 19.6. The van der Waals surface area contributed by atoms with Crippen molar-refractivity contribution in [1.29, 1.82) is 0 Å². The van der Waals surface area contributed by atoms with E-state index in [1.165, 1.54) is 38.6 Å². The van der Waals surface area contributed by atoms with E-state index < -0.39 is 10.0 Å². The summed E-state index contributed by atoms with van der Waals surface area (Å²) in [6, 6.07) is 14.4. The fraction of sp³-hybridized carbons (Fsp3) is 0.250. The largest absolute Gasteiger partial charge is 0.493 e. The predicted molar refractivity (Wildman–Crippen MR) is 126 cm³/mol. The Kier molecular flexibility index (Phi) is 6.87. The molecule has 1 aliphatic rings. The normalized spacial score (nSPS) is 13.5. The summed E-state index contributed by atoms with van der Waals surface area (Å²) in [4.78, 5) is 16.4. The summed E-state index contributed by atoms with van der Waals surface area (Å²) < 4.78 is 43.9. The third kappa shape index (κ3) is 5.40. The van der Waals surface area contributed by atoms with Crippen molar-refractivity contribution in [3.05, 3.63) is 66.4 Å². The molecule has 0 radical (unpaired) electrons. The number of methoxy groups -OCH3 is 2. The van der Waals surface area contributed by atoms with Gasteiger partial charge in [-0.2, -0.15) is 0 Å². The van der Waals surface area contributed by atoms with Crippen molar-refractivity contribution in [3.8, 4) is 23.1 Å². The average molecular weight is 484 g/mol. The van der Waals surface area contributed by atoms with E-state index in [0.29, 0.717) is 22.8 Å². The van der Waals surface area contributed by atoms with Crippen molar-refractivity contribution in [1.82, 2.24) is 10.3 Å². The molecule has 2 aromatic carbocycles. The zero-order valence-electron chi connectivity index (χ0n) is 18.8. The summed E-state index contributed by atoms with van der Waals surface area (Å²) in [5, 5.41) is 2.99. The van der Waals surface area contributed by atoms with E-state index in [1.54, 1.807) is 36.4 Å². The van der Waals surface area contributed by atoms with Crippen LogP contribution in [-0.4, -0.2) is 39.6 Å². The molecule has 0 unspecified atom stereocenters. The molecule has 10 heteroatoms. The van der Waals surface area contributed by atoms with Gasteiger partial charge >= 0.3 is 0 Å². The van der Waals surface area contributed by atoms with Gasteiger partial charge in [-0.3, -0.25) is 9.52 Å². The molecule has 1 heterocycles. The van der Waals surface area contributed by atoms with E-state index in [-0.39, 0.29) is 28.4 Å². The lowest BCUT2D eigenvalue weighted by atomic mass is 9.93. The second kappa shape index (κ2) is 10.0. The smallest absolute Gasteiger partial charge is 0.262 e. The number of carbonyl (C=O) groups is 1. The molecule has 0 atom stereocenters. The number of rotatable bonds is 9. The summed E-state index contributed by atoms with van der Waals surface area (Å²) in [6.45, 7) is 0. The number of benzene rings is 2. The topological polar surface area (TPSA) is 116 Å². The predicted octanol–water partition coefficient (Wildman–Crippen LogP) is 3.97. The lowest BCUT2D eigenvalue weighted by Crippen LogP contribution is -2.39. The van der Waals surface area contributed by atoms with Crippen LogP contribution < -0.4 is 24.2 Å². The van der Waals surface area contributed by atoms with Crippen molar-refractivity contribution < 1.29 is 27.4 Å². The second-order valence-electron chi connectivity index (χ2n) is 7.74. The maximum Gasteiger partial charge on any atom is 0.262 e. The molecule has 178 valence electrons. The number of nitrogens with one attached hydrogen (secondary N) is 2. The maximum atomic E-state index is 12.7. The Bertz CT molecular complexity index is 1260. The van der Waals surface area contributed by atoms with Crippen molar-refractivity contribution in [2.75, 3.05) is 18.9 Å². The first-order chi connectivity index (χ1) is 16.4. The van der Waals surface area contributed by atoms with Crippen LogP contribution in [0.2, 0.25) is 0 Å². The summed E-state index contributed by atoms with van der Waals surface area (Å²) in [6.07, 6.45) is 4.56. The highest BCUT2D eigenvalue weighted by molar-refractivity contribution is 7.92. The van der Waals surface area contributed by atoms with Crippen molar-refractivity contribution in [2.24, 2.45) is 0 Å². The van der Waals surface area contributed by atoms with Crippen LogP contribution >= 0.6 is 0 Å². The molecule has 1 amide bonds. The van der Waals surface area contributed by atoms with Gasteiger partial charge in [-0.15, -0.1) is 0 Å². The van der Waals surface area contributed by atoms with E-state index in [2.05, 4.69) is 15.0 Å². The van der Waals surface area contributed by atoms with Crippen LogP contribution in [0, 0.1) is 0 Å². The molecule has 0 spiro atoms. The highest BCUT2D eigenvalue weighted by Crippen LogP contribution is 2.30. The molecule has 3 aromatic rings. The van der Waals surface area contributed by atoms with E-state index in [4.69, 9.17) is 14.2 Å². The molecule has 1 aromatic heterocycles. The quantitative estimate of drug-likeness (QED) is 0.473. The van der Waals surface area contributed by atoms with Crippen molar-refractivity contribution in [3.63, 3.8) is 0 Å². The van der Waals surface area contributed by atoms with E-state index in [9.17, 15) is 13.2 Å². The molecule has 9 nitrogen and oxygen atoms in total. The third-order valence-electron chi connectivity index (χ3n) is 5.43. The van der Waals surface area contributed by atoms with Crippen molar-refractivity contribution >= 4 is 21.6 Å². The van der Waals surface area contributed by atoms with Gasteiger partial charge in [0.1, 0.15) is 5.75 Å². The molecular weight excluding hydrogens is 458 g/mol. The van der Waals surface area contributed by atoms with Crippen LogP contribution in [0.5, 0.6) is 23.1 Å². The van der Waals surface area contributed by atoms with Crippen LogP contribution in [-0.2, 0) is 10.0 Å². The van der Waals surface area contributed by atoms with Gasteiger partial charge in [0.25, 0.3) is 15.9 Å². The zero-order chi connectivity index (χ0) is 24.1. The number of amides is 1. The van der Waals surface area contributed by atoms with Crippen LogP contribution in [0.3, 0.4) is 0 Å². The molecule has 0 aliphatic heterocycles. The Morgan fingerprint density at radius 2 is 1.71 bits per heavy atom. The lowest BCUT2D eigenvalue weighted by molar-refractivity contribution is 0.0917. The van der Waals surface area contributed by atoms with Crippen molar-refractivity contribution in [2.45, 2.75) is 30.2 Å². The van der Waals surface area contributed by atoms with Gasteiger partial charge in [0.2, 0.25) is 5.88 Å². The maximum absolute atomic E-state index is 12.7. The second-order valence-corrected chi connectivity index (χ2v) is 9.42. The molecule has 4 rings (SSSR count). The number of aromatic nitrogens is 1. The highest BCUT2D eigenvalue weighted by atomic mass is 32.2. The minimum Gasteiger partial charge on any atom is -0.493 e. The van der Waals surface area contributed by atoms with E-state index in [1.807, 2.05) is 0 Å². The van der Waals surface area contributed by atoms with Crippen LogP contribution in [0.1, 0.15) is 29.6 Å². The first kappa shape index (κ1) is 23.4. The molecule has 1 saturated carbocycles. The minimum atomic E-state index is -3.87. The standard InChI is InChI=1S/C24H25N3O6S/c1-31-21-12-11-20(14-22(21)32-2)34(29,30)27-18-8-13-23(25-15-18)33-19-9-6-16(7-10-19)24(28)26-17-4-3-5-17/h6-15,17,27H,3-5H2,1-2H3,(H,26,28). The first-order valence-corrected chi connectivity index (χ1v) is 12.2. The van der Waals surface area contributed by atoms with Gasteiger partial charge in [-0.1, -0.05) is 0 Å². The molecule has 2 N–H and O–H groups in total. The number of pyridine rings is 1. The fourth-order valence-electron chi connectivity index (χ4n) is 3.32. The molecule has 1 fully saturated rings. The lowest BCUT2D eigenvalue weighted by Gasteiger charge is -2.26. The van der Waals surface area contributed by atoms with Crippen LogP contribution in [0.25, 0.3) is 0 Å². The Labute approximate surface area is 198 Å². The monoisotopic (exact) mass is 483 g/mol. The molecule has 0 bridgehead atoms. The number of anilines is 1. The van der Waals surface area contributed by atoms with Gasteiger partial charge in [0.05, 0.1) is 31.0 Å². The van der Waals surface area contributed by atoms with Crippen LogP contribution in [0.15, 0.2) is 65.7 Å². The molecule has 34 heavy (non-hydrogen) atoms. The summed E-state index contributed by atoms with van der Waals surface area (Å²) in [7, 11) is -0.961. The van der Waals surface area contributed by atoms with Gasteiger partial charge in [-0.05, 0) is 61.7 Å². The Morgan fingerprint density at radius 1 is 0.971 bits per heavy atom. The molecule has 0 saturated heterocycles. The highest BCUT2D eigenvalue weighted by Gasteiger charge is 2.20. The van der Waals surface area contributed by atoms with Gasteiger partial charge in [0, 0.05) is 23.7 Å². The summed E-state index contributed by atoms with van der Waals surface area (Å²) in [5.74, 6) is 1.42. The van der Waals surface area contributed by atoms with Gasteiger partial charge < -0.3 is 19.5 Å². The van der Waals surface area contributed by atoms with Gasteiger partial charge in [0.15, 0.2) is 11.5 Å². The van der Waals surface area contributed by atoms with Crippen LogP contribution in [0.4, 0.5) is 5.69 Å². The third-order valence-corrected chi connectivity index (χ3v) is 6.81. The van der Waals surface area contributed by atoms with E-state index in [0.717, 1.165) is 19.3 Å². The number of ether oxygens (including phenoxy) is 3. The minimum absolute atomic E-state index is 0.0203. The Morgan fingerprint density at radius 3 is 2.29 bits per heavy atom. The SMILES string of the molecule is COc1ccc(S(=O)(=O)Nc2ccc(Oc3ccc(C(=O)NC4CCC4)cc3)nc2)cc1OC. The summed E-state index contributed by atoms with van der Waals surface area (Å²) in [5.41, 5.74) is 0.831. The number of sulfonamides is 1. The fourth-order valence-corrected chi connectivity index (χ4v) is 4.37. The Balaban J connectivity index is 1.38. The molecular formula is C24H25N3O6S. The summed E-state index contributed by atoms with van der Waals surface area (Å²) >= 11 is 0. The number of nitrogens with zero attached hydrogens (tertiary/aromatic N) is 1. The number of carbonyl (C=O) groups excluding carboxylic acids is 1. The number of hydrogen-bond donors (Lipinski definition) is 2. The average Bonchev–Trinajstić information content (AvgIpc) is 2.82. The van der Waals surface area contributed by atoms with E-state index >= 15 is 0 Å². The molecule has 1 aliphatic carbocycles. The number of hydrogen-bond acceptors (Lipinski definition) is 7. The first-order valence-electron chi connectivity index (χ1n) is 10.7. The van der Waals surface area contributed by atoms with Gasteiger partial charge in [-0.25, -0.2) is 13.4 Å². The Hall–Kier alpha value is -3.79.